The number of sulfonamides is 1. The molecule has 0 bridgehead atoms. The van der Waals surface area contributed by atoms with Crippen molar-refractivity contribution in [1.29, 1.82) is 0 Å². The van der Waals surface area contributed by atoms with Crippen LogP contribution in [-0.2, 0) is 16.6 Å². The van der Waals surface area contributed by atoms with Gasteiger partial charge in [-0.15, -0.1) is 6.58 Å². The molecular weight excluding hydrogens is 474 g/mol. The number of anilines is 1. The molecule has 0 spiro atoms. The Morgan fingerprint density at radius 1 is 1.12 bits per heavy atom. The molecule has 2 aromatic rings. The highest BCUT2D eigenvalue weighted by Gasteiger charge is 2.37. The Bertz CT molecular complexity index is 1190. The van der Waals surface area contributed by atoms with Crippen molar-refractivity contribution in [3.8, 4) is 0 Å². The van der Waals surface area contributed by atoms with Gasteiger partial charge >= 0.3 is 6.03 Å². The van der Waals surface area contributed by atoms with Gasteiger partial charge < -0.3 is 10.2 Å². The summed E-state index contributed by atoms with van der Waals surface area (Å²) in [6.07, 6.45) is 8.36. The van der Waals surface area contributed by atoms with Crippen LogP contribution in [0.1, 0.15) is 54.4 Å². The van der Waals surface area contributed by atoms with Crippen LogP contribution in [0.15, 0.2) is 60.0 Å². The van der Waals surface area contributed by atoms with E-state index in [-0.39, 0.29) is 34.1 Å². The molecule has 1 fully saturated rings. The second-order valence-corrected chi connectivity index (χ2v) is 10.9. The summed E-state index contributed by atoms with van der Waals surface area (Å²) in [6.45, 7) is 4.14. The predicted molar refractivity (Wildman–Crippen MR) is 132 cm³/mol. The Kier molecular flexibility index (Phi) is 7.28. The van der Waals surface area contributed by atoms with E-state index < -0.39 is 16.1 Å². The lowest BCUT2D eigenvalue weighted by atomic mass is 10.0. The van der Waals surface area contributed by atoms with Crippen LogP contribution in [0.2, 0.25) is 5.02 Å². The Hall–Kier alpha value is -2.84. The molecule has 3 amide bonds. The normalized spacial score (nSPS) is 17.9. The summed E-state index contributed by atoms with van der Waals surface area (Å²) in [5, 5.41) is 2.86. The number of carbonyl (C=O) groups is 2. The number of carbonyl (C=O) groups excluding carboxylic acids is 2. The monoisotopic (exact) mass is 501 g/mol. The first kappa shape index (κ1) is 24.3. The van der Waals surface area contributed by atoms with Crippen LogP contribution in [0.3, 0.4) is 0 Å². The largest absolute Gasteiger partial charge is 0.336 e. The van der Waals surface area contributed by atoms with E-state index in [0.717, 1.165) is 30.0 Å². The molecule has 180 valence electrons. The standard InChI is InChI=1S/C25H28ClN3O4S/c1-2-15-28(21-7-5-3-4-6-8-21)24(30)19-11-9-18(10-12-19)17-29-25(31)27-22-14-13-20(26)16-23(22)34(29,32)33/h2,9-14,16,21H,1,3-8,15,17H2,(H,27,31). The van der Waals surface area contributed by atoms with Crippen LogP contribution in [0.25, 0.3) is 0 Å². The third kappa shape index (κ3) is 4.98. The zero-order valence-electron chi connectivity index (χ0n) is 18.9. The van der Waals surface area contributed by atoms with E-state index in [2.05, 4.69) is 11.9 Å². The molecule has 7 nitrogen and oxygen atoms in total. The third-order valence-electron chi connectivity index (χ3n) is 6.36. The minimum absolute atomic E-state index is 0.0464. The Balaban J connectivity index is 1.52. The number of rotatable bonds is 6. The molecule has 1 saturated carbocycles. The van der Waals surface area contributed by atoms with Crippen molar-refractivity contribution in [3.63, 3.8) is 0 Å². The lowest BCUT2D eigenvalue weighted by Crippen LogP contribution is -2.43. The molecule has 0 unspecified atom stereocenters. The lowest BCUT2D eigenvalue weighted by molar-refractivity contribution is 0.0687. The molecule has 1 aliphatic heterocycles. The van der Waals surface area contributed by atoms with Crippen LogP contribution in [0, 0.1) is 0 Å². The maximum Gasteiger partial charge on any atom is 0.336 e. The highest BCUT2D eigenvalue weighted by Crippen LogP contribution is 2.33. The minimum Gasteiger partial charge on any atom is -0.332 e. The second kappa shape index (κ2) is 10.2. The molecule has 0 aromatic heterocycles. The number of hydrogen-bond donors (Lipinski definition) is 1. The van der Waals surface area contributed by atoms with Crippen LogP contribution in [0.5, 0.6) is 0 Å². The van der Waals surface area contributed by atoms with E-state index in [1.165, 1.54) is 31.0 Å². The molecule has 9 heteroatoms. The van der Waals surface area contributed by atoms with Gasteiger partial charge in [0.2, 0.25) is 0 Å². The van der Waals surface area contributed by atoms with E-state index >= 15 is 0 Å². The van der Waals surface area contributed by atoms with Crippen molar-refractivity contribution in [1.82, 2.24) is 9.21 Å². The summed E-state index contributed by atoms with van der Waals surface area (Å²) in [4.78, 5) is 27.6. The zero-order chi connectivity index (χ0) is 24.3. The second-order valence-electron chi connectivity index (χ2n) is 8.67. The van der Waals surface area contributed by atoms with Gasteiger partial charge in [-0.2, -0.15) is 0 Å². The average molecular weight is 502 g/mol. The van der Waals surface area contributed by atoms with Crippen molar-refractivity contribution in [2.24, 2.45) is 0 Å². The highest BCUT2D eigenvalue weighted by molar-refractivity contribution is 7.90. The van der Waals surface area contributed by atoms with Gasteiger partial charge in [0.1, 0.15) is 4.90 Å². The Labute approximate surface area is 205 Å². The SMILES string of the molecule is C=CCN(C(=O)c1ccc(CN2C(=O)Nc3ccc(Cl)cc3S2(=O)=O)cc1)C1CCCCCC1. The third-order valence-corrected chi connectivity index (χ3v) is 8.36. The fourth-order valence-electron chi connectivity index (χ4n) is 4.57. The number of benzene rings is 2. The van der Waals surface area contributed by atoms with Crippen molar-refractivity contribution < 1.29 is 18.0 Å². The molecule has 2 aliphatic rings. The van der Waals surface area contributed by atoms with Crippen LogP contribution in [-0.4, -0.2) is 42.1 Å². The average Bonchev–Trinajstić information content (AvgIpc) is 3.10. The van der Waals surface area contributed by atoms with Gasteiger partial charge in [-0.25, -0.2) is 17.5 Å². The first-order valence-electron chi connectivity index (χ1n) is 11.5. The number of hydrogen-bond acceptors (Lipinski definition) is 4. The van der Waals surface area contributed by atoms with E-state index in [1.54, 1.807) is 30.3 Å². The van der Waals surface area contributed by atoms with Gasteiger partial charge in [-0.05, 0) is 48.7 Å². The van der Waals surface area contributed by atoms with Gasteiger partial charge in [0, 0.05) is 23.2 Å². The summed E-state index contributed by atoms with van der Waals surface area (Å²) in [5.41, 5.74) is 1.32. The molecule has 0 radical (unpaired) electrons. The van der Waals surface area contributed by atoms with Crippen molar-refractivity contribution in [2.45, 2.75) is 56.0 Å². The fourth-order valence-corrected chi connectivity index (χ4v) is 6.30. The molecule has 4 rings (SSSR count). The number of fused-ring (bicyclic) bond motifs is 1. The van der Waals surface area contributed by atoms with Crippen LogP contribution < -0.4 is 5.32 Å². The quantitative estimate of drug-likeness (QED) is 0.422. The Morgan fingerprint density at radius 3 is 2.44 bits per heavy atom. The highest BCUT2D eigenvalue weighted by atomic mass is 35.5. The maximum atomic E-state index is 13.3. The fraction of sp³-hybridized carbons (Fsp3) is 0.360. The molecule has 1 N–H and O–H groups in total. The maximum absolute atomic E-state index is 13.3. The summed E-state index contributed by atoms with van der Waals surface area (Å²) in [5.74, 6) is -0.0646. The molecule has 34 heavy (non-hydrogen) atoms. The first-order valence-corrected chi connectivity index (χ1v) is 13.3. The summed E-state index contributed by atoms with van der Waals surface area (Å²) in [6, 6.07) is 10.5. The first-order chi connectivity index (χ1) is 16.3. The number of nitrogens with zero attached hydrogens (tertiary/aromatic N) is 2. The summed E-state index contributed by atoms with van der Waals surface area (Å²) in [7, 11) is -4.07. The van der Waals surface area contributed by atoms with Crippen LogP contribution >= 0.6 is 11.6 Å². The molecule has 0 saturated heterocycles. The number of halogens is 1. The molecule has 0 atom stereocenters. The van der Waals surface area contributed by atoms with E-state index in [0.29, 0.717) is 17.7 Å². The molecule has 2 aromatic carbocycles. The van der Waals surface area contributed by atoms with Crippen LogP contribution in [0.4, 0.5) is 10.5 Å². The van der Waals surface area contributed by atoms with Gasteiger partial charge in [0.15, 0.2) is 0 Å². The van der Waals surface area contributed by atoms with Crippen molar-refractivity contribution in [2.75, 3.05) is 11.9 Å². The van der Waals surface area contributed by atoms with Crippen molar-refractivity contribution >= 4 is 39.2 Å². The van der Waals surface area contributed by atoms with Gasteiger partial charge in [0.05, 0.1) is 12.2 Å². The Morgan fingerprint density at radius 2 is 1.79 bits per heavy atom. The van der Waals surface area contributed by atoms with Gasteiger partial charge in [-0.1, -0.05) is 55.5 Å². The topological polar surface area (TPSA) is 86.8 Å². The number of nitrogens with one attached hydrogen (secondary N) is 1. The molecule has 1 heterocycles. The summed E-state index contributed by atoms with van der Waals surface area (Å²) >= 11 is 5.97. The van der Waals surface area contributed by atoms with E-state index in [4.69, 9.17) is 11.6 Å². The summed E-state index contributed by atoms with van der Waals surface area (Å²) < 4.78 is 26.9. The molecule has 1 aliphatic carbocycles. The molecular formula is C25H28ClN3O4S. The van der Waals surface area contributed by atoms with Gasteiger partial charge in [-0.3, -0.25) is 4.79 Å². The predicted octanol–water partition coefficient (Wildman–Crippen LogP) is 5.43. The van der Waals surface area contributed by atoms with E-state index in [9.17, 15) is 18.0 Å². The van der Waals surface area contributed by atoms with E-state index in [1.807, 2.05) is 4.90 Å². The smallest absolute Gasteiger partial charge is 0.332 e. The number of amides is 3. The zero-order valence-corrected chi connectivity index (χ0v) is 20.4. The lowest BCUT2D eigenvalue weighted by Gasteiger charge is -2.31. The van der Waals surface area contributed by atoms with Crippen molar-refractivity contribution in [3.05, 3.63) is 71.3 Å². The minimum atomic E-state index is -4.07. The number of urea groups is 1. The van der Waals surface area contributed by atoms with Gasteiger partial charge in [0.25, 0.3) is 15.9 Å².